The lowest BCUT2D eigenvalue weighted by Gasteiger charge is -2.00. The highest BCUT2D eigenvalue weighted by atomic mass is 14.7. The summed E-state index contributed by atoms with van der Waals surface area (Å²) in [5.41, 5.74) is 3.31. The van der Waals surface area contributed by atoms with E-state index >= 15 is 0 Å². The predicted molar refractivity (Wildman–Crippen MR) is 72.8 cm³/mol. The van der Waals surface area contributed by atoms with E-state index in [1.165, 1.54) is 12.0 Å². The van der Waals surface area contributed by atoms with Gasteiger partial charge in [0.25, 0.3) is 0 Å². The first kappa shape index (κ1) is 13.4. The SMILES string of the molecule is CCC.CCc1ccc(-c2cccnc2)nc1. The second-order valence-corrected chi connectivity index (χ2v) is 3.85. The molecule has 0 amide bonds. The Morgan fingerprint density at radius 1 is 1.00 bits per heavy atom. The highest BCUT2D eigenvalue weighted by Crippen LogP contribution is 2.14. The second-order valence-electron chi connectivity index (χ2n) is 3.85. The molecule has 0 aliphatic carbocycles. The molecular formula is C15H20N2. The van der Waals surface area contributed by atoms with Crippen molar-refractivity contribution < 1.29 is 0 Å². The van der Waals surface area contributed by atoms with E-state index in [1.807, 2.05) is 30.6 Å². The zero-order chi connectivity index (χ0) is 12.5. The van der Waals surface area contributed by atoms with Crippen LogP contribution in [0, 0.1) is 0 Å². The molecule has 2 heterocycles. The second kappa shape index (κ2) is 7.55. The van der Waals surface area contributed by atoms with Gasteiger partial charge < -0.3 is 0 Å². The number of hydrogen-bond acceptors (Lipinski definition) is 2. The number of rotatable bonds is 2. The van der Waals surface area contributed by atoms with Crippen LogP contribution in [0.25, 0.3) is 11.3 Å². The Bertz CT molecular complexity index is 407. The monoisotopic (exact) mass is 228 g/mol. The maximum absolute atomic E-state index is 4.38. The largest absolute Gasteiger partial charge is 0.264 e. The molecule has 0 N–H and O–H groups in total. The van der Waals surface area contributed by atoms with E-state index in [2.05, 4.69) is 36.8 Å². The number of aromatic nitrogens is 2. The molecule has 17 heavy (non-hydrogen) atoms. The van der Waals surface area contributed by atoms with Crippen LogP contribution in [0.1, 0.15) is 32.8 Å². The molecular weight excluding hydrogens is 208 g/mol. The van der Waals surface area contributed by atoms with E-state index in [9.17, 15) is 0 Å². The number of aryl methyl sites for hydroxylation is 1. The summed E-state index contributed by atoms with van der Waals surface area (Å²) in [5.74, 6) is 0. The zero-order valence-corrected chi connectivity index (χ0v) is 10.9. The van der Waals surface area contributed by atoms with E-state index in [4.69, 9.17) is 0 Å². The molecule has 0 bridgehead atoms. The number of nitrogens with zero attached hydrogens (tertiary/aromatic N) is 2. The molecule has 2 rings (SSSR count). The van der Waals surface area contributed by atoms with E-state index in [0.29, 0.717) is 0 Å². The molecule has 2 aromatic heterocycles. The van der Waals surface area contributed by atoms with Crippen LogP contribution in [0.2, 0.25) is 0 Å². The summed E-state index contributed by atoms with van der Waals surface area (Å²) < 4.78 is 0. The maximum atomic E-state index is 4.38. The Morgan fingerprint density at radius 2 is 1.76 bits per heavy atom. The van der Waals surface area contributed by atoms with Crippen molar-refractivity contribution in [1.29, 1.82) is 0 Å². The highest BCUT2D eigenvalue weighted by Gasteiger charge is 1.97. The van der Waals surface area contributed by atoms with Crippen molar-refractivity contribution >= 4 is 0 Å². The van der Waals surface area contributed by atoms with E-state index in [0.717, 1.165) is 17.7 Å². The van der Waals surface area contributed by atoms with Gasteiger partial charge in [-0.3, -0.25) is 9.97 Å². The molecule has 0 aromatic carbocycles. The molecule has 2 aromatic rings. The first-order valence-corrected chi connectivity index (χ1v) is 6.17. The molecule has 0 radical (unpaired) electrons. The molecule has 0 saturated heterocycles. The van der Waals surface area contributed by atoms with E-state index < -0.39 is 0 Å². The van der Waals surface area contributed by atoms with E-state index in [1.54, 1.807) is 6.20 Å². The summed E-state index contributed by atoms with van der Waals surface area (Å²) in [5, 5.41) is 0. The molecule has 0 unspecified atom stereocenters. The fourth-order valence-electron chi connectivity index (χ4n) is 1.32. The average Bonchev–Trinajstić information content (AvgIpc) is 2.41. The van der Waals surface area contributed by atoms with E-state index in [-0.39, 0.29) is 0 Å². The van der Waals surface area contributed by atoms with Crippen molar-refractivity contribution in [2.45, 2.75) is 33.6 Å². The quantitative estimate of drug-likeness (QED) is 0.772. The topological polar surface area (TPSA) is 25.8 Å². The van der Waals surface area contributed by atoms with Gasteiger partial charge in [0.05, 0.1) is 5.69 Å². The molecule has 0 aliphatic rings. The van der Waals surface area contributed by atoms with Crippen LogP contribution in [0.3, 0.4) is 0 Å². The van der Waals surface area contributed by atoms with Gasteiger partial charge in [0.15, 0.2) is 0 Å². The average molecular weight is 228 g/mol. The minimum atomic E-state index is 0.982. The number of hydrogen-bond donors (Lipinski definition) is 0. The third-order valence-corrected chi connectivity index (χ3v) is 2.19. The molecule has 2 nitrogen and oxygen atoms in total. The first-order valence-electron chi connectivity index (χ1n) is 6.17. The zero-order valence-electron chi connectivity index (χ0n) is 10.9. The Kier molecular flexibility index (Phi) is 5.94. The van der Waals surface area contributed by atoms with Crippen LogP contribution in [0.15, 0.2) is 42.9 Å². The van der Waals surface area contributed by atoms with Crippen molar-refractivity contribution in [1.82, 2.24) is 9.97 Å². The smallest absolute Gasteiger partial charge is 0.0717 e. The van der Waals surface area contributed by atoms with Gasteiger partial charge in [0.2, 0.25) is 0 Å². The van der Waals surface area contributed by atoms with Gasteiger partial charge in [0.1, 0.15) is 0 Å². The number of pyridine rings is 2. The fraction of sp³-hybridized carbons (Fsp3) is 0.333. The Labute approximate surface area is 104 Å². The first-order chi connectivity index (χ1) is 8.31. The predicted octanol–water partition coefficient (Wildman–Crippen LogP) is 4.12. The minimum Gasteiger partial charge on any atom is -0.264 e. The lowest BCUT2D eigenvalue weighted by molar-refractivity contribution is 1.09. The molecule has 90 valence electrons. The molecule has 0 aliphatic heterocycles. The Morgan fingerprint density at radius 3 is 2.24 bits per heavy atom. The third kappa shape index (κ3) is 4.35. The van der Waals surface area contributed by atoms with Crippen molar-refractivity contribution in [2.75, 3.05) is 0 Å². The fourth-order valence-corrected chi connectivity index (χ4v) is 1.32. The standard InChI is InChI=1S/C12H12N2.C3H8/c1-2-10-5-6-12(14-8-10)11-4-3-7-13-9-11;1-3-2/h3-9H,2H2,1H3;3H2,1-2H3. The molecule has 0 atom stereocenters. The van der Waals surface area contributed by atoms with Crippen molar-refractivity contribution in [3.05, 3.63) is 48.4 Å². The van der Waals surface area contributed by atoms with Crippen LogP contribution in [0.5, 0.6) is 0 Å². The van der Waals surface area contributed by atoms with Crippen LogP contribution >= 0.6 is 0 Å². The molecule has 0 fully saturated rings. The summed E-state index contributed by atoms with van der Waals surface area (Å²) in [6.45, 7) is 6.38. The Balaban J connectivity index is 0.000000437. The lowest BCUT2D eigenvalue weighted by Crippen LogP contribution is -1.86. The van der Waals surface area contributed by atoms with Gasteiger partial charge in [0, 0.05) is 24.2 Å². The summed E-state index contributed by atoms with van der Waals surface area (Å²) in [6.07, 6.45) is 7.79. The third-order valence-electron chi connectivity index (χ3n) is 2.19. The summed E-state index contributed by atoms with van der Waals surface area (Å²) in [6, 6.07) is 8.08. The normalized spacial score (nSPS) is 9.35. The lowest BCUT2D eigenvalue weighted by atomic mass is 10.1. The summed E-state index contributed by atoms with van der Waals surface area (Å²) >= 11 is 0. The molecule has 0 saturated carbocycles. The van der Waals surface area contributed by atoms with Crippen molar-refractivity contribution in [3.8, 4) is 11.3 Å². The highest BCUT2D eigenvalue weighted by molar-refractivity contribution is 5.57. The summed E-state index contributed by atoms with van der Waals surface area (Å²) in [7, 11) is 0. The maximum Gasteiger partial charge on any atom is 0.0717 e. The van der Waals surface area contributed by atoms with Gasteiger partial charge >= 0.3 is 0 Å². The van der Waals surface area contributed by atoms with Crippen LogP contribution in [-0.4, -0.2) is 9.97 Å². The van der Waals surface area contributed by atoms with Gasteiger partial charge in [-0.2, -0.15) is 0 Å². The van der Waals surface area contributed by atoms with Crippen LogP contribution < -0.4 is 0 Å². The molecule has 2 heteroatoms. The van der Waals surface area contributed by atoms with Crippen molar-refractivity contribution in [2.24, 2.45) is 0 Å². The molecule has 0 spiro atoms. The Hall–Kier alpha value is -1.70. The summed E-state index contributed by atoms with van der Waals surface area (Å²) in [4.78, 5) is 8.44. The van der Waals surface area contributed by atoms with Gasteiger partial charge in [-0.05, 0) is 30.2 Å². The van der Waals surface area contributed by atoms with Crippen molar-refractivity contribution in [3.63, 3.8) is 0 Å². The van der Waals surface area contributed by atoms with Gasteiger partial charge in [-0.1, -0.05) is 33.3 Å². The van der Waals surface area contributed by atoms with Crippen LogP contribution in [0.4, 0.5) is 0 Å². The van der Waals surface area contributed by atoms with Crippen LogP contribution in [-0.2, 0) is 6.42 Å². The minimum absolute atomic E-state index is 0.982. The van der Waals surface area contributed by atoms with Gasteiger partial charge in [-0.25, -0.2) is 0 Å². The van der Waals surface area contributed by atoms with Gasteiger partial charge in [-0.15, -0.1) is 0 Å².